The van der Waals surface area contributed by atoms with E-state index in [4.69, 9.17) is 18.9 Å². The third-order valence-electron chi connectivity index (χ3n) is 5.42. The predicted molar refractivity (Wildman–Crippen MR) is 111 cm³/mol. The molecule has 0 radical (unpaired) electrons. The second kappa shape index (κ2) is 9.54. The van der Waals surface area contributed by atoms with Crippen LogP contribution in [-0.2, 0) is 24.2 Å². The summed E-state index contributed by atoms with van der Waals surface area (Å²) < 4.78 is 21.6. The molecule has 0 saturated heterocycles. The maximum absolute atomic E-state index is 12.8. The van der Waals surface area contributed by atoms with Crippen molar-refractivity contribution in [3.8, 4) is 23.0 Å². The smallest absolute Gasteiger partial charge is 0.222 e. The molecule has 0 aliphatic carbocycles. The van der Waals surface area contributed by atoms with Crippen LogP contribution >= 0.6 is 0 Å². The third kappa shape index (κ3) is 4.58. The summed E-state index contributed by atoms with van der Waals surface area (Å²) in [7, 11) is 6.60. The van der Waals surface area contributed by atoms with Gasteiger partial charge < -0.3 is 23.8 Å². The van der Waals surface area contributed by atoms with E-state index in [1.54, 1.807) is 28.4 Å². The number of benzene rings is 2. The van der Waals surface area contributed by atoms with E-state index in [-0.39, 0.29) is 5.91 Å². The van der Waals surface area contributed by atoms with Gasteiger partial charge in [0.2, 0.25) is 5.91 Å². The molecule has 1 aliphatic rings. The zero-order chi connectivity index (χ0) is 20.8. The molecule has 3 rings (SSSR count). The Bertz CT molecular complexity index is 865. The van der Waals surface area contributed by atoms with E-state index in [1.165, 1.54) is 0 Å². The molecular formula is C23H29NO5. The first-order valence-corrected chi connectivity index (χ1v) is 9.82. The lowest BCUT2D eigenvalue weighted by Crippen LogP contribution is -2.36. The van der Waals surface area contributed by atoms with Gasteiger partial charge in [-0.15, -0.1) is 0 Å². The van der Waals surface area contributed by atoms with Crippen LogP contribution in [0, 0.1) is 0 Å². The highest BCUT2D eigenvalue weighted by Crippen LogP contribution is 2.36. The minimum atomic E-state index is 0.173. The number of hydrogen-bond donors (Lipinski definition) is 0. The number of hydrogen-bond acceptors (Lipinski definition) is 5. The van der Waals surface area contributed by atoms with Gasteiger partial charge >= 0.3 is 0 Å². The summed E-state index contributed by atoms with van der Waals surface area (Å²) in [6.45, 7) is 1.30. The maximum Gasteiger partial charge on any atom is 0.222 e. The summed E-state index contributed by atoms with van der Waals surface area (Å²) >= 11 is 0. The fourth-order valence-electron chi connectivity index (χ4n) is 3.86. The molecule has 0 fully saturated rings. The molecule has 0 atom stereocenters. The third-order valence-corrected chi connectivity index (χ3v) is 5.42. The van der Waals surface area contributed by atoms with Gasteiger partial charge in [0.1, 0.15) is 11.5 Å². The topological polar surface area (TPSA) is 57.2 Å². The van der Waals surface area contributed by atoms with Crippen LogP contribution in [0.15, 0.2) is 30.3 Å². The molecule has 0 aromatic heterocycles. The lowest BCUT2D eigenvalue weighted by atomic mass is 9.97. The van der Waals surface area contributed by atoms with Crippen molar-refractivity contribution in [3.63, 3.8) is 0 Å². The van der Waals surface area contributed by atoms with Crippen LogP contribution in [0.5, 0.6) is 23.0 Å². The summed E-state index contributed by atoms with van der Waals surface area (Å²) in [5.41, 5.74) is 3.31. The molecule has 0 bridgehead atoms. The van der Waals surface area contributed by atoms with Crippen molar-refractivity contribution < 1.29 is 23.7 Å². The normalized spacial score (nSPS) is 12.9. The fourth-order valence-corrected chi connectivity index (χ4v) is 3.86. The molecule has 6 heteroatoms. The Labute approximate surface area is 172 Å². The van der Waals surface area contributed by atoms with Crippen molar-refractivity contribution in [1.29, 1.82) is 0 Å². The van der Waals surface area contributed by atoms with Gasteiger partial charge in [-0.25, -0.2) is 0 Å². The van der Waals surface area contributed by atoms with E-state index >= 15 is 0 Å². The Morgan fingerprint density at radius 2 is 1.72 bits per heavy atom. The first kappa shape index (κ1) is 20.8. The Kier molecular flexibility index (Phi) is 6.86. The van der Waals surface area contributed by atoms with E-state index in [9.17, 15) is 4.79 Å². The standard InChI is InChI=1S/C23H29NO5/c1-26-18-9-11-20(27-2)16(14-18)6-5-7-22(25)24-13-12-19-17(15-24)8-10-21(28-3)23(19)29-4/h8-11,14H,5-7,12-13,15H2,1-4H3. The highest BCUT2D eigenvalue weighted by Gasteiger charge is 2.24. The average molecular weight is 399 g/mol. The Morgan fingerprint density at radius 3 is 2.41 bits per heavy atom. The van der Waals surface area contributed by atoms with E-state index < -0.39 is 0 Å². The zero-order valence-electron chi connectivity index (χ0n) is 17.6. The van der Waals surface area contributed by atoms with Gasteiger partial charge in [-0.1, -0.05) is 6.07 Å². The molecule has 1 heterocycles. The quantitative estimate of drug-likeness (QED) is 0.679. The van der Waals surface area contributed by atoms with Gasteiger partial charge in [0.05, 0.1) is 28.4 Å². The second-order valence-electron chi connectivity index (χ2n) is 7.04. The highest BCUT2D eigenvalue weighted by molar-refractivity contribution is 5.76. The van der Waals surface area contributed by atoms with Gasteiger partial charge in [-0.2, -0.15) is 0 Å². The Balaban J connectivity index is 1.60. The molecule has 1 aliphatic heterocycles. The van der Waals surface area contributed by atoms with Crippen molar-refractivity contribution >= 4 is 5.91 Å². The van der Waals surface area contributed by atoms with Crippen LogP contribution in [0.1, 0.15) is 29.5 Å². The summed E-state index contributed by atoms with van der Waals surface area (Å²) in [4.78, 5) is 14.7. The molecule has 29 heavy (non-hydrogen) atoms. The molecule has 6 nitrogen and oxygen atoms in total. The van der Waals surface area contributed by atoms with Crippen LogP contribution in [-0.4, -0.2) is 45.8 Å². The number of carbonyl (C=O) groups is 1. The highest BCUT2D eigenvalue weighted by atomic mass is 16.5. The molecular weight excluding hydrogens is 370 g/mol. The molecule has 1 amide bonds. The monoisotopic (exact) mass is 399 g/mol. The van der Waals surface area contributed by atoms with Gasteiger partial charge in [0.15, 0.2) is 11.5 Å². The fraction of sp³-hybridized carbons (Fsp3) is 0.435. The number of rotatable bonds is 8. The number of fused-ring (bicyclic) bond motifs is 1. The molecule has 2 aromatic carbocycles. The van der Waals surface area contributed by atoms with Gasteiger partial charge in [-0.05, 0) is 54.7 Å². The van der Waals surface area contributed by atoms with E-state index in [2.05, 4.69) is 0 Å². The minimum absolute atomic E-state index is 0.173. The number of methoxy groups -OCH3 is 4. The van der Waals surface area contributed by atoms with Crippen molar-refractivity contribution in [2.24, 2.45) is 0 Å². The molecule has 0 N–H and O–H groups in total. The van der Waals surface area contributed by atoms with E-state index in [0.717, 1.165) is 59.0 Å². The first-order valence-electron chi connectivity index (χ1n) is 9.82. The van der Waals surface area contributed by atoms with Crippen LogP contribution in [0.2, 0.25) is 0 Å². The Morgan fingerprint density at radius 1 is 0.966 bits per heavy atom. The van der Waals surface area contributed by atoms with Crippen LogP contribution in [0.25, 0.3) is 0 Å². The summed E-state index contributed by atoms with van der Waals surface area (Å²) in [5, 5.41) is 0. The SMILES string of the molecule is COc1ccc(OC)c(CCCC(=O)N2CCc3c(ccc(OC)c3OC)C2)c1. The summed E-state index contributed by atoms with van der Waals surface area (Å²) in [6.07, 6.45) is 2.80. The zero-order valence-corrected chi connectivity index (χ0v) is 17.6. The minimum Gasteiger partial charge on any atom is -0.497 e. The van der Waals surface area contributed by atoms with Crippen LogP contribution < -0.4 is 18.9 Å². The molecule has 0 unspecified atom stereocenters. The number of ether oxygens (including phenoxy) is 4. The number of carbonyl (C=O) groups excluding carboxylic acids is 1. The second-order valence-corrected chi connectivity index (χ2v) is 7.04. The average Bonchev–Trinajstić information content (AvgIpc) is 2.77. The molecule has 0 saturated carbocycles. The van der Waals surface area contributed by atoms with Gasteiger partial charge in [0, 0.05) is 25.1 Å². The molecule has 0 spiro atoms. The maximum atomic E-state index is 12.8. The molecule has 2 aromatic rings. The van der Waals surface area contributed by atoms with Crippen molar-refractivity contribution in [3.05, 3.63) is 47.0 Å². The van der Waals surface area contributed by atoms with E-state index in [0.29, 0.717) is 19.5 Å². The number of nitrogens with zero attached hydrogens (tertiary/aromatic N) is 1. The number of amides is 1. The lowest BCUT2D eigenvalue weighted by molar-refractivity contribution is -0.132. The van der Waals surface area contributed by atoms with Crippen molar-refractivity contribution in [2.75, 3.05) is 35.0 Å². The van der Waals surface area contributed by atoms with Crippen LogP contribution in [0.3, 0.4) is 0 Å². The first-order chi connectivity index (χ1) is 14.1. The summed E-state index contributed by atoms with van der Waals surface area (Å²) in [5.74, 6) is 3.31. The van der Waals surface area contributed by atoms with Crippen LogP contribution in [0.4, 0.5) is 0 Å². The lowest BCUT2D eigenvalue weighted by Gasteiger charge is -2.30. The summed E-state index contributed by atoms with van der Waals surface area (Å²) in [6, 6.07) is 9.68. The van der Waals surface area contributed by atoms with E-state index in [1.807, 2.05) is 35.2 Å². The largest absolute Gasteiger partial charge is 0.497 e. The van der Waals surface area contributed by atoms with Crippen molar-refractivity contribution in [1.82, 2.24) is 4.90 Å². The molecule has 156 valence electrons. The van der Waals surface area contributed by atoms with Crippen molar-refractivity contribution in [2.45, 2.75) is 32.2 Å². The predicted octanol–water partition coefficient (Wildman–Crippen LogP) is 3.63. The van der Waals surface area contributed by atoms with Gasteiger partial charge in [-0.3, -0.25) is 4.79 Å². The number of aryl methyl sites for hydroxylation is 1. The Hall–Kier alpha value is -2.89. The van der Waals surface area contributed by atoms with Gasteiger partial charge in [0.25, 0.3) is 0 Å².